The maximum absolute atomic E-state index is 12.0. The molecule has 0 bridgehead atoms. The minimum absolute atomic E-state index is 0. The Morgan fingerprint density at radius 2 is 2.32 bits per heavy atom. The molecule has 7 heteroatoms. The van der Waals surface area contributed by atoms with E-state index in [1.807, 2.05) is 17.5 Å². The van der Waals surface area contributed by atoms with E-state index in [4.69, 9.17) is 0 Å². The second-order valence-electron chi connectivity index (χ2n) is 5.50. The van der Waals surface area contributed by atoms with Crippen molar-refractivity contribution in [1.29, 1.82) is 0 Å². The van der Waals surface area contributed by atoms with Crippen LogP contribution in [0.2, 0.25) is 0 Å². The Labute approximate surface area is 141 Å². The summed E-state index contributed by atoms with van der Waals surface area (Å²) in [4.78, 5) is 26.4. The zero-order valence-corrected chi connectivity index (χ0v) is 14.5. The van der Waals surface area contributed by atoms with E-state index >= 15 is 0 Å². The van der Waals surface area contributed by atoms with E-state index in [1.54, 1.807) is 18.4 Å². The molecule has 1 atom stereocenters. The molecule has 22 heavy (non-hydrogen) atoms. The van der Waals surface area contributed by atoms with Crippen LogP contribution < -0.4 is 10.6 Å². The first-order valence-electron chi connectivity index (χ1n) is 7.39. The van der Waals surface area contributed by atoms with Crippen LogP contribution in [0.3, 0.4) is 0 Å². The summed E-state index contributed by atoms with van der Waals surface area (Å²) >= 11 is 1.61. The molecule has 0 aliphatic carbocycles. The van der Waals surface area contributed by atoms with Gasteiger partial charge in [0.05, 0.1) is 13.1 Å². The number of rotatable bonds is 7. The van der Waals surface area contributed by atoms with Crippen molar-refractivity contribution in [2.75, 3.05) is 26.7 Å². The maximum atomic E-state index is 12.0. The van der Waals surface area contributed by atoms with Gasteiger partial charge in [-0.1, -0.05) is 6.07 Å². The van der Waals surface area contributed by atoms with Crippen molar-refractivity contribution in [3.8, 4) is 0 Å². The van der Waals surface area contributed by atoms with E-state index in [-0.39, 0.29) is 30.8 Å². The van der Waals surface area contributed by atoms with Crippen LogP contribution in [0.5, 0.6) is 0 Å². The summed E-state index contributed by atoms with van der Waals surface area (Å²) in [6.07, 6.45) is 2.59. The van der Waals surface area contributed by atoms with Crippen molar-refractivity contribution in [3.05, 3.63) is 22.4 Å². The van der Waals surface area contributed by atoms with Crippen LogP contribution in [0.1, 0.15) is 24.1 Å². The van der Waals surface area contributed by atoms with E-state index in [0.29, 0.717) is 18.9 Å². The molecule has 1 aromatic heterocycles. The number of hydrogen-bond donors (Lipinski definition) is 2. The lowest BCUT2D eigenvalue weighted by Crippen LogP contribution is -2.38. The highest BCUT2D eigenvalue weighted by atomic mass is 35.5. The third kappa shape index (κ3) is 6.34. The first-order valence-corrected chi connectivity index (χ1v) is 8.27. The molecule has 1 saturated heterocycles. The predicted octanol–water partition coefficient (Wildman–Crippen LogP) is 1.63. The molecule has 0 aromatic carbocycles. The molecule has 0 spiro atoms. The highest BCUT2D eigenvalue weighted by Crippen LogP contribution is 2.14. The Morgan fingerprint density at radius 1 is 1.50 bits per heavy atom. The Hall–Kier alpha value is -1.11. The van der Waals surface area contributed by atoms with Crippen LogP contribution in [0.25, 0.3) is 0 Å². The first-order chi connectivity index (χ1) is 10.1. The van der Waals surface area contributed by atoms with Gasteiger partial charge in [0.25, 0.3) is 0 Å². The molecule has 1 aromatic rings. The number of carbonyl (C=O) groups is 2. The number of likely N-dealkylation sites (N-methyl/N-ethyl adjacent to an activating group) is 1. The molecule has 2 rings (SSSR count). The topological polar surface area (TPSA) is 61.4 Å². The van der Waals surface area contributed by atoms with E-state index in [2.05, 4.69) is 10.6 Å². The smallest absolute Gasteiger partial charge is 0.239 e. The van der Waals surface area contributed by atoms with Crippen molar-refractivity contribution in [3.63, 3.8) is 0 Å². The van der Waals surface area contributed by atoms with Gasteiger partial charge in [-0.2, -0.15) is 0 Å². The van der Waals surface area contributed by atoms with Crippen LogP contribution in [0.4, 0.5) is 0 Å². The molecular formula is C15H24ClN3O2S. The van der Waals surface area contributed by atoms with Crippen LogP contribution in [0, 0.1) is 5.92 Å². The Bertz CT molecular complexity index is 461. The minimum Gasteiger partial charge on any atom is -0.350 e. The fourth-order valence-electron chi connectivity index (χ4n) is 2.44. The normalized spacial score (nSPS) is 16.9. The molecule has 1 unspecified atom stereocenters. The molecule has 2 N–H and O–H groups in total. The zero-order valence-electron chi connectivity index (χ0n) is 12.8. The SMILES string of the molecule is CN(CC(=O)NCc1cccs1)C(=O)CCC1CCNC1.Cl. The van der Waals surface area contributed by atoms with Crippen molar-refractivity contribution in [2.24, 2.45) is 5.92 Å². The van der Waals surface area contributed by atoms with Crippen molar-refractivity contribution in [1.82, 2.24) is 15.5 Å². The zero-order chi connectivity index (χ0) is 15.1. The third-order valence-electron chi connectivity index (χ3n) is 3.78. The fraction of sp³-hybridized carbons (Fsp3) is 0.600. The Kier molecular flexibility index (Phi) is 8.45. The molecule has 124 valence electrons. The third-order valence-corrected chi connectivity index (χ3v) is 4.65. The molecule has 0 saturated carbocycles. The summed E-state index contributed by atoms with van der Waals surface area (Å²) < 4.78 is 0. The number of nitrogens with zero attached hydrogens (tertiary/aromatic N) is 1. The summed E-state index contributed by atoms with van der Waals surface area (Å²) in [5, 5.41) is 8.12. The lowest BCUT2D eigenvalue weighted by molar-refractivity contribution is -0.135. The molecule has 2 amide bonds. The van der Waals surface area contributed by atoms with Gasteiger partial charge in [-0.25, -0.2) is 0 Å². The standard InChI is InChI=1S/C15H23N3O2S.ClH/c1-18(15(20)5-4-12-6-7-16-9-12)11-14(19)17-10-13-3-2-8-21-13;/h2-3,8,12,16H,4-7,9-11H2,1H3,(H,17,19);1H. The molecule has 1 aliphatic heterocycles. The van der Waals surface area contributed by atoms with Gasteiger partial charge in [0.1, 0.15) is 0 Å². The van der Waals surface area contributed by atoms with E-state index in [9.17, 15) is 9.59 Å². The van der Waals surface area contributed by atoms with Crippen LogP contribution >= 0.6 is 23.7 Å². The molecule has 2 heterocycles. The molecule has 5 nitrogen and oxygen atoms in total. The van der Waals surface area contributed by atoms with Gasteiger partial charge in [-0.05, 0) is 43.3 Å². The number of thiophene rings is 1. The highest BCUT2D eigenvalue weighted by molar-refractivity contribution is 7.09. The second kappa shape index (κ2) is 9.82. The van der Waals surface area contributed by atoms with E-state index < -0.39 is 0 Å². The van der Waals surface area contributed by atoms with Crippen molar-refractivity contribution in [2.45, 2.75) is 25.8 Å². The van der Waals surface area contributed by atoms with Gasteiger partial charge in [0.15, 0.2) is 0 Å². The summed E-state index contributed by atoms with van der Waals surface area (Å²) in [5.74, 6) is 0.546. The average molecular weight is 346 g/mol. The Balaban J connectivity index is 0.00000242. The second-order valence-corrected chi connectivity index (χ2v) is 6.54. The Morgan fingerprint density at radius 3 is 2.95 bits per heavy atom. The van der Waals surface area contributed by atoms with Crippen LogP contribution in [-0.4, -0.2) is 43.4 Å². The molecular weight excluding hydrogens is 322 g/mol. The monoisotopic (exact) mass is 345 g/mol. The predicted molar refractivity (Wildman–Crippen MR) is 91.3 cm³/mol. The summed E-state index contributed by atoms with van der Waals surface area (Å²) in [7, 11) is 1.69. The number of hydrogen-bond acceptors (Lipinski definition) is 4. The van der Waals surface area contributed by atoms with E-state index in [0.717, 1.165) is 30.8 Å². The number of carbonyl (C=O) groups excluding carboxylic acids is 2. The van der Waals surface area contributed by atoms with Gasteiger partial charge in [0, 0.05) is 18.3 Å². The van der Waals surface area contributed by atoms with Gasteiger partial charge in [0.2, 0.25) is 11.8 Å². The van der Waals surface area contributed by atoms with Gasteiger partial charge in [-0.3, -0.25) is 9.59 Å². The fourth-order valence-corrected chi connectivity index (χ4v) is 3.08. The largest absolute Gasteiger partial charge is 0.350 e. The lowest BCUT2D eigenvalue weighted by Gasteiger charge is -2.17. The quantitative estimate of drug-likeness (QED) is 0.789. The molecule has 1 fully saturated rings. The minimum atomic E-state index is -0.109. The van der Waals surface area contributed by atoms with Crippen LogP contribution in [0.15, 0.2) is 17.5 Å². The average Bonchev–Trinajstić information content (AvgIpc) is 3.15. The van der Waals surface area contributed by atoms with Crippen LogP contribution in [-0.2, 0) is 16.1 Å². The summed E-state index contributed by atoms with van der Waals surface area (Å²) in [5.41, 5.74) is 0. The van der Waals surface area contributed by atoms with Gasteiger partial charge >= 0.3 is 0 Å². The number of amides is 2. The maximum Gasteiger partial charge on any atom is 0.239 e. The highest BCUT2D eigenvalue weighted by Gasteiger charge is 2.18. The number of halogens is 1. The lowest BCUT2D eigenvalue weighted by atomic mass is 10.0. The van der Waals surface area contributed by atoms with Crippen molar-refractivity contribution < 1.29 is 9.59 Å². The first kappa shape index (κ1) is 18.9. The molecule has 0 radical (unpaired) electrons. The molecule has 1 aliphatic rings. The summed E-state index contributed by atoms with van der Waals surface area (Å²) in [6.45, 7) is 2.73. The summed E-state index contributed by atoms with van der Waals surface area (Å²) in [6, 6.07) is 3.94. The van der Waals surface area contributed by atoms with Gasteiger partial charge in [-0.15, -0.1) is 23.7 Å². The number of nitrogens with one attached hydrogen (secondary N) is 2. The van der Waals surface area contributed by atoms with E-state index in [1.165, 1.54) is 4.90 Å². The van der Waals surface area contributed by atoms with Gasteiger partial charge < -0.3 is 15.5 Å². The van der Waals surface area contributed by atoms with Crippen molar-refractivity contribution >= 4 is 35.6 Å².